The van der Waals surface area contributed by atoms with Crippen LogP contribution in [0.15, 0.2) is 27.5 Å². The monoisotopic (exact) mass is 347 g/mol. The van der Waals surface area contributed by atoms with Crippen molar-refractivity contribution in [2.45, 2.75) is 31.2 Å². The highest BCUT2D eigenvalue weighted by atomic mass is 32.1. The van der Waals surface area contributed by atoms with Crippen molar-refractivity contribution >= 4 is 35.4 Å². The molecule has 1 fully saturated rings. The van der Waals surface area contributed by atoms with Crippen LogP contribution in [0, 0.1) is 0 Å². The molecule has 24 heavy (non-hydrogen) atoms. The number of amidine groups is 1. The number of piperidine rings is 1. The van der Waals surface area contributed by atoms with Gasteiger partial charge in [0.15, 0.2) is 5.84 Å². The number of likely N-dealkylation sites (tertiary alicyclic amines) is 1. The zero-order valence-electron chi connectivity index (χ0n) is 12.9. The van der Waals surface area contributed by atoms with Crippen molar-refractivity contribution in [2.75, 3.05) is 13.1 Å². The first-order chi connectivity index (χ1) is 11.6. The van der Waals surface area contributed by atoms with E-state index in [0.717, 1.165) is 32.5 Å². The van der Waals surface area contributed by atoms with Crippen LogP contribution >= 0.6 is 11.3 Å². The maximum atomic E-state index is 11.9. The quantitative estimate of drug-likeness (QED) is 0.824. The van der Waals surface area contributed by atoms with E-state index in [0.29, 0.717) is 0 Å². The highest BCUT2D eigenvalue weighted by Crippen LogP contribution is 2.27. The summed E-state index contributed by atoms with van der Waals surface area (Å²) >= 11 is 1.75. The first-order valence-corrected chi connectivity index (χ1v) is 8.69. The molecule has 126 valence electrons. The number of nitrogens with zero attached hydrogens (tertiary/aromatic N) is 4. The first-order valence-electron chi connectivity index (χ1n) is 7.81. The lowest BCUT2D eigenvalue weighted by atomic mass is 10.0. The molecule has 4 heterocycles. The molecule has 2 N–H and O–H groups in total. The highest BCUT2D eigenvalue weighted by molar-refractivity contribution is 7.09. The van der Waals surface area contributed by atoms with Crippen molar-refractivity contribution in [3.63, 3.8) is 0 Å². The smallest absolute Gasteiger partial charge is 0.349 e. The minimum atomic E-state index is -2.07. The second-order valence-corrected chi connectivity index (χ2v) is 7.14. The third-order valence-electron chi connectivity index (χ3n) is 4.58. The van der Waals surface area contributed by atoms with Crippen LogP contribution in [-0.4, -0.2) is 63.9 Å². The summed E-state index contributed by atoms with van der Waals surface area (Å²) in [5.41, 5.74) is -2.07. The molecule has 1 unspecified atom stereocenters. The van der Waals surface area contributed by atoms with Crippen molar-refractivity contribution in [3.05, 3.63) is 22.4 Å². The molecule has 0 radical (unpaired) electrons. The summed E-state index contributed by atoms with van der Waals surface area (Å²) in [7, 11) is 0. The summed E-state index contributed by atoms with van der Waals surface area (Å²) in [6, 6.07) is 3.49. The molecule has 0 aromatic carbocycles. The summed E-state index contributed by atoms with van der Waals surface area (Å²) < 4.78 is 0. The van der Waals surface area contributed by atoms with Crippen LogP contribution in [0.4, 0.5) is 4.79 Å². The van der Waals surface area contributed by atoms with E-state index in [2.05, 4.69) is 32.4 Å². The molecule has 8 nitrogen and oxygen atoms in total. The number of carbonyl (C=O) groups is 2. The number of thiophene rings is 1. The topological polar surface area (TPSA) is 97.6 Å². The van der Waals surface area contributed by atoms with Crippen LogP contribution in [-0.2, 0) is 11.3 Å². The van der Waals surface area contributed by atoms with Gasteiger partial charge in [0.25, 0.3) is 11.6 Å². The average molecular weight is 347 g/mol. The lowest BCUT2D eigenvalue weighted by molar-refractivity contribution is -0.132. The molecule has 1 aromatic heterocycles. The zero-order chi connectivity index (χ0) is 16.7. The lowest BCUT2D eigenvalue weighted by Crippen LogP contribution is -2.59. The maximum Gasteiger partial charge on any atom is 0.349 e. The van der Waals surface area contributed by atoms with E-state index in [1.54, 1.807) is 16.2 Å². The van der Waals surface area contributed by atoms with Gasteiger partial charge in [-0.25, -0.2) is 9.79 Å². The van der Waals surface area contributed by atoms with Crippen LogP contribution in [0.5, 0.6) is 0 Å². The summed E-state index contributed by atoms with van der Waals surface area (Å²) in [5.74, 6) is -0.820. The average Bonchev–Trinajstić information content (AvgIpc) is 3.18. The second-order valence-electron chi connectivity index (χ2n) is 6.11. The number of hydrogen-bond donors (Lipinski definition) is 2. The largest absolute Gasteiger partial charge is 0.356 e. The van der Waals surface area contributed by atoms with Crippen LogP contribution in [0.25, 0.3) is 0 Å². The Kier molecular flexibility index (Phi) is 3.70. The molecule has 1 saturated heterocycles. The molecule has 0 aliphatic carbocycles. The fraction of sp³-hybridized carbons (Fsp3) is 0.467. The predicted octanol–water partition coefficient (Wildman–Crippen LogP) is 0.393. The number of carbonyl (C=O) groups excluding carboxylic acids is 2. The predicted molar refractivity (Wildman–Crippen MR) is 88.9 cm³/mol. The molecule has 4 rings (SSSR count). The molecule has 9 heteroatoms. The van der Waals surface area contributed by atoms with Gasteiger partial charge in [-0.1, -0.05) is 6.07 Å². The van der Waals surface area contributed by atoms with E-state index in [9.17, 15) is 14.7 Å². The fourth-order valence-corrected chi connectivity index (χ4v) is 4.03. The molecule has 3 amide bonds. The molecule has 3 aliphatic heterocycles. The van der Waals surface area contributed by atoms with Crippen molar-refractivity contribution in [1.29, 1.82) is 0 Å². The van der Waals surface area contributed by atoms with Crippen molar-refractivity contribution in [1.82, 2.24) is 15.1 Å². The normalized spacial score (nSPS) is 28.0. The SMILES string of the molecule is O=C1N=C2N(C3CCN(Cc4cccs4)CC3)C=NC2(O)C(=O)N1. The molecule has 1 atom stereocenters. The maximum absolute atomic E-state index is 11.9. The number of aliphatic imine (C=N–C) groups is 2. The minimum absolute atomic E-state index is 0.0213. The summed E-state index contributed by atoms with van der Waals surface area (Å²) in [4.78, 5) is 36.4. The Bertz CT molecular complexity index is 723. The Morgan fingerprint density at radius 3 is 2.88 bits per heavy atom. The zero-order valence-corrected chi connectivity index (χ0v) is 13.7. The molecular weight excluding hydrogens is 330 g/mol. The third kappa shape index (κ3) is 2.54. The Hall–Kier alpha value is -2.10. The van der Waals surface area contributed by atoms with Crippen LogP contribution in [0.2, 0.25) is 0 Å². The molecule has 0 bridgehead atoms. The number of imide groups is 1. The van der Waals surface area contributed by atoms with Crippen LogP contribution < -0.4 is 5.32 Å². The van der Waals surface area contributed by atoms with Gasteiger partial charge in [0.2, 0.25) is 0 Å². The summed E-state index contributed by atoms with van der Waals surface area (Å²) in [6.07, 6.45) is 3.13. The molecule has 1 aromatic rings. The van der Waals surface area contributed by atoms with E-state index < -0.39 is 17.7 Å². The van der Waals surface area contributed by atoms with Gasteiger partial charge in [-0.15, -0.1) is 11.3 Å². The second kappa shape index (κ2) is 5.76. The van der Waals surface area contributed by atoms with E-state index >= 15 is 0 Å². The molecular formula is C15H17N5O3S. The van der Waals surface area contributed by atoms with Crippen molar-refractivity contribution in [3.8, 4) is 0 Å². The number of hydrogen-bond acceptors (Lipinski definition) is 7. The van der Waals surface area contributed by atoms with Gasteiger partial charge in [0.1, 0.15) is 0 Å². The third-order valence-corrected chi connectivity index (χ3v) is 5.44. The van der Waals surface area contributed by atoms with Crippen molar-refractivity contribution in [2.24, 2.45) is 9.98 Å². The van der Waals surface area contributed by atoms with Crippen LogP contribution in [0.3, 0.4) is 0 Å². The van der Waals surface area contributed by atoms with Gasteiger partial charge in [0.05, 0.1) is 6.34 Å². The van der Waals surface area contributed by atoms with Gasteiger partial charge in [0, 0.05) is 30.6 Å². The molecule has 0 spiro atoms. The Morgan fingerprint density at radius 2 is 2.17 bits per heavy atom. The number of urea groups is 1. The molecule has 0 saturated carbocycles. The van der Waals surface area contributed by atoms with E-state index in [1.165, 1.54) is 11.2 Å². The van der Waals surface area contributed by atoms with Gasteiger partial charge in [-0.3, -0.25) is 15.0 Å². The summed E-state index contributed by atoms with van der Waals surface area (Å²) in [5, 5.41) is 14.4. The lowest BCUT2D eigenvalue weighted by Gasteiger charge is -2.37. The van der Waals surface area contributed by atoms with Gasteiger partial charge >= 0.3 is 6.03 Å². The number of rotatable bonds is 3. The number of amides is 3. The number of aliphatic hydroxyl groups is 1. The minimum Gasteiger partial charge on any atom is -0.356 e. The van der Waals surface area contributed by atoms with E-state index in [4.69, 9.17) is 0 Å². The van der Waals surface area contributed by atoms with E-state index in [1.807, 2.05) is 5.32 Å². The van der Waals surface area contributed by atoms with Gasteiger partial charge in [-0.05, 0) is 24.3 Å². The highest BCUT2D eigenvalue weighted by Gasteiger charge is 2.52. The Morgan fingerprint density at radius 1 is 1.38 bits per heavy atom. The summed E-state index contributed by atoms with van der Waals surface area (Å²) in [6.45, 7) is 2.74. The Labute approximate surface area is 142 Å². The van der Waals surface area contributed by atoms with Crippen molar-refractivity contribution < 1.29 is 14.7 Å². The fourth-order valence-electron chi connectivity index (χ4n) is 3.29. The standard InChI is InChI=1S/C15H17N5O3S/c21-13-15(23)12(17-14(22)18-13)20(9-16-15)10-3-5-19(6-4-10)8-11-2-1-7-24-11/h1-2,7,9-10,23H,3-6,8H2,(H,18,21,22). The number of nitrogens with one attached hydrogen (secondary N) is 1. The first kappa shape index (κ1) is 15.4. The molecule has 3 aliphatic rings. The van der Waals surface area contributed by atoms with Gasteiger partial charge < -0.3 is 10.0 Å². The van der Waals surface area contributed by atoms with Crippen LogP contribution in [0.1, 0.15) is 17.7 Å². The van der Waals surface area contributed by atoms with Gasteiger partial charge in [-0.2, -0.15) is 4.99 Å². The Balaban J connectivity index is 1.44. The van der Waals surface area contributed by atoms with E-state index in [-0.39, 0.29) is 11.9 Å². The number of fused-ring (bicyclic) bond motifs is 1.